The molecule has 1 aliphatic carbocycles. The summed E-state index contributed by atoms with van der Waals surface area (Å²) in [5, 5.41) is 0. The number of carbonyl (C=O) groups is 1. The Morgan fingerprint density at radius 3 is 2.65 bits per heavy atom. The Labute approximate surface area is 217 Å². The number of imidazole rings is 1. The summed E-state index contributed by atoms with van der Waals surface area (Å²) in [7, 11) is 3.68. The van der Waals surface area contributed by atoms with E-state index in [9.17, 15) is 4.79 Å². The Balaban J connectivity index is 1.40. The van der Waals surface area contributed by atoms with Gasteiger partial charge in [-0.25, -0.2) is 4.98 Å². The zero-order valence-corrected chi connectivity index (χ0v) is 21.7. The molecule has 1 aliphatic heterocycles. The number of hydrogen-bond donors (Lipinski definition) is 1. The Morgan fingerprint density at radius 1 is 1.11 bits per heavy atom. The van der Waals surface area contributed by atoms with E-state index >= 15 is 0 Å². The van der Waals surface area contributed by atoms with E-state index in [0.717, 1.165) is 60.8 Å². The van der Waals surface area contributed by atoms with Crippen molar-refractivity contribution in [3.63, 3.8) is 0 Å². The van der Waals surface area contributed by atoms with Crippen LogP contribution < -0.4 is 10.5 Å². The molecule has 37 heavy (non-hydrogen) atoms. The van der Waals surface area contributed by atoms with Crippen LogP contribution in [0.2, 0.25) is 0 Å². The molecule has 0 radical (unpaired) electrons. The number of amides is 1. The monoisotopic (exact) mass is 497 g/mol. The Kier molecular flexibility index (Phi) is 6.24. The minimum Gasteiger partial charge on any atom is -0.494 e. The molecule has 0 bridgehead atoms. The molecule has 2 aromatic heterocycles. The maximum atomic E-state index is 13.4. The van der Waals surface area contributed by atoms with Crippen molar-refractivity contribution < 1.29 is 9.53 Å². The second kappa shape index (κ2) is 9.71. The van der Waals surface area contributed by atoms with Crippen LogP contribution in [0.25, 0.3) is 22.6 Å². The van der Waals surface area contributed by atoms with Gasteiger partial charge in [0.25, 0.3) is 5.91 Å². The van der Waals surface area contributed by atoms with Gasteiger partial charge >= 0.3 is 0 Å². The van der Waals surface area contributed by atoms with Crippen molar-refractivity contribution in [2.75, 3.05) is 20.2 Å². The number of rotatable bonds is 7. The zero-order chi connectivity index (χ0) is 25.5. The van der Waals surface area contributed by atoms with Crippen LogP contribution in [0, 0.1) is 5.92 Å². The molecule has 1 amide bonds. The summed E-state index contributed by atoms with van der Waals surface area (Å²) < 4.78 is 10.3. The SMILES string of the molecule is COc1cc(C(=O)N2CCC[C@@H](N)C2)cc2nc(-c3ccc(Cc4ccccc4)n3CC3CC3)n(C)c12. The van der Waals surface area contributed by atoms with Gasteiger partial charge in [0.1, 0.15) is 11.3 Å². The molecule has 2 N–H and O–H groups in total. The Bertz CT molecular complexity index is 1430. The predicted molar refractivity (Wildman–Crippen MR) is 146 cm³/mol. The summed E-state index contributed by atoms with van der Waals surface area (Å²) in [6.07, 6.45) is 5.35. The lowest BCUT2D eigenvalue weighted by atomic mass is 10.0. The number of likely N-dealkylation sites (tertiary alicyclic amines) is 1. The van der Waals surface area contributed by atoms with Crippen molar-refractivity contribution in [3.8, 4) is 17.3 Å². The first-order valence-corrected chi connectivity index (χ1v) is 13.3. The standard InChI is InChI=1S/C30H35N5O2/c1-33-28-25(16-22(17-27(28)37-2)30(36)34-14-6-9-23(31)19-34)32-29(33)26-13-12-24(35(26)18-21-10-11-21)15-20-7-4-3-5-8-20/h3-5,7-8,12-13,16-17,21,23H,6,9-11,14-15,18-19,31H2,1-2H3/t23-/m1/s1. The van der Waals surface area contributed by atoms with Crippen LogP contribution in [0.1, 0.15) is 47.3 Å². The summed E-state index contributed by atoms with van der Waals surface area (Å²) in [4.78, 5) is 20.3. The molecule has 1 saturated carbocycles. The third-order valence-corrected chi connectivity index (χ3v) is 7.81. The number of hydrogen-bond acceptors (Lipinski definition) is 4. The van der Waals surface area contributed by atoms with E-state index in [-0.39, 0.29) is 11.9 Å². The third kappa shape index (κ3) is 4.64. The predicted octanol–water partition coefficient (Wildman–Crippen LogP) is 4.61. The molecule has 192 valence electrons. The summed E-state index contributed by atoms with van der Waals surface area (Å²) in [6, 6.07) is 18.8. The van der Waals surface area contributed by atoms with Crippen LogP contribution in [-0.4, -0.2) is 51.2 Å². The van der Waals surface area contributed by atoms with Gasteiger partial charge in [-0.1, -0.05) is 30.3 Å². The first-order valence-electron chi connectivity index (χ1n) is 13.3. The van der Waals surface area contributed by atoms with Crippen molar-refractivity contribution in [2.24, 2.45) is 18.7 Å². The van der Waals surface area contributed by atoms with Crippen molar-refractivity contribution >= 4 is 16.9 Å². The Hall–Kier alpha value is -3.58. The van der Waals surface area contributed by atoms with Gasteiger partial charge in [-0.15, -0.1) is 0 Å². The molecule has 7 heteroatoms. The van der Waals surface area contributed by atoms with Crippen LogP contribution in [0.15, 0.2) is 54.6 Å². The van der Waals surface area contributed by atoms with E-state index in [0.29, 0.717) is 17.9 Å². The number of nitrogens with two attached hydrogens (primary N) is 1. The van der Waals surface area contributed by atoms with Gasteiger partial charge in [-0.05, 0) is 61.4 Å². The molecule has 2 aliphatic rings. The van der Waals surface area contributed by atoms with Gasteiger partial charge < -0.3 is 24.5 Å². The lowest BCUT2D eigenvalue weighted by Crippen LogP contribution is -2.45. The Morgan fingerprint density at radius 2 is 1.92 bits per heavy atom. The molecule has 1 atom stereocenters. The van der Waals surface area contributed by atoms with E-state index in [1.54, 1.807) is 7.11 Å². The van der Waals surface area contributed by atoms with Crippen LogP contribution in [0.3, 0.4) is 0 Å². The number of carbonyl (C=O) groups excluding carboxylic acids is 1. The quantitative estimate of drug-likeness (QED) is 0.404. The first kappa shape index (κ1) is 23.8. The summed E-state index contributed by atoms with van der Waals surface area (Å²) in [5.41, 5.74) is 12.1. The number of piperidine rings is 1. The minimum absolute atomic E-state index is 0.00944. The largest absolute Gasteiger partial charge is 0.494 e. The van der Waals surface area contributed by atoms with Gasteiger partial charge in [0.05, 0.1) is 18.3 Å². The second-order valence-electron chi connectivity index (χ2n) is 10.6. The smallest absolute Gasteiger partial charge is 0.254 e. The number of benzene rings is 2. The van der Waals surface area contributed by atoms with Crippen LogP contribution in [-0.2, 0) is 20.0 Å². The number of ether oxygens (including phenoxy) is 1. The lowest BCUT2D eigenvalue weighted by molar-refractivity contribution is 0.0708. The average molecular weight is 498 g/mol. The highest BCUT2D eigenvalue weighted by Gasteiger charge is 2.27. The van der Waals surface area contributed by atoms with E-state index < -0.39 is 0 Å². The van der Waals surface area contributed by atoms with E-state index in [1.807, 2.05) is 24.1 Å². The molecular formula is C30H35N5O2. The van der Waals surface area contributed by atoms with Gasteiger partial charge in [0, 0.05) is 50.4 Å². The molecule has 6 rings (SSSR count). The maximum Gasteiger partial charge on any atom is 0.254 e. The topological polar surface area (TPSA) is 78.3 Å². The van der Waals surface area contributed by atoms with Crippen LogP contribution in [0.5, 0.6) is 5.75 Å². The molecule has 7 nitrogen and oxygen atoms in total. The van der Waals surface area contributed by atoms with Gasteiger partial charge in [-0.3, -0.25) is 4.79 Å². The number of aromatic nitrogens is 3. The van der Waals surface area contributed by atoms with Crippen LogP contribution >= 0.6 is 0 Å². The van der Waals surface area contributed by atoms with Gasteiger partial charge in [0.2, 0.25) is 0 Å². The molecule has 0 unspecified atom stereocenters. The number of fused-ring (bicyclic) bond motifs is 1. The number of nitrogens with zero attached hydrogens (tertiary/aromatic N) is 4. The van der Waals surface area contributed by atoms with E-state index in [1.165, 1.54) is 24.1 Å². The van der Waals surface area contributed by atoms with Crippen molar-refractivity contribution in [2.45, 2.75) is 44.7 Å². The number of aryl methyl sites for hydroxylation is 1. The van der Waals surface area contributed by atoms with Crippen molar-refractivity contribution in [1.82, 2.24) is 19.0 Å². The maximum absolute atomic E-state index is 13.4. The van der Waals surface area contributed by atoms with Gasteiger partial charge in [-0.2, -0.15) is 0 Å². The summed E-state index contributed by atoms with van der Waals surface area (Å²) in [5.74, 6) is 2.26. The van der Waals surface area contributed by atoms with E-state index in [2.05, 4.69) is 51.6 Å². The fourth-order valence-electron chi connectivity index (χ4n) is 5.63. The third-order valence-electron chi connectivity index (χ3n) is 7.81. The normalized spacial score (nSPS) is 17.9. The molecule has 2 fully saturated rings. The lowest BCUT2D eigenvalue weighted by Gasteiger charge is -2.30. The molecule has 4 aromatic rings. The fourth-order valence-corrected chi connectivity index (χ4v) is 5.63. The highest BCUT2D eigenvalue weighted by atomic mass is 16.5. The minimum atomic E-state index is -0.00944. The second-order valence-corrected chi connectivity index (χ2v) is 10.6. The molecule has 2 aromatic carbocycles. The van der Waals surface area contributed by atoms with Gasteiger partial charge in [0.15, 0.2) is 5.82 Å². The summed E-state index contributed by atoms with van der Waals surface area (Å²) >= 11 is 0. The van der Waals surface area contributed by atoms with E-state index in [4.69, 9.17) is 15.5 Å². The first-order chi connectivity index (χ1) is 18.0. The highest BCUT2D eigenvalue weighted by molar-refractivity contribution is 6.00. The molecular weight excluding hydrogens is 462 g/mol. The summed E-state index contributed by atoms with van der Waals surface area (Å²) in [6.45, 7) is 2.33. The molecule has 1 saturated heterocycles. The molecule has 3 heterocycles. The average Bonchev–Trinajstić information content (AvgIpc) is 3.57. The van der Waals surface area contributed by atoms with Crippen LogP contribution in [0.4, 0.5) is 0 Å². The van der Waals surface area contributed by atoms with Crippen molar-refractivity contribution in [1.29, 1.82) is 0 Å². The molecule has 0 spiro atoms. The fraction of sp³-hybridized carbons (Fsp3) is 0.400. The zero-order valence-electron chi connectivity index (χ0n) is 21.7. The highest BCUT2D eigenvalue weighted by Crippen LogP contribution is 2.36. The van der Waals surface area contributed by atoms with Crippen molar-refractivity contribution in [3.05, 3.63) is 71.4 Å². The number of methoxy groups -OCH3 is 1.